The van der Waals surface area contributed by atoms with Gasteiger partial charge in [-0.25, -0.2) is 13.4 Å². The van der Waals surface area contributed by atoms with Gasteiger partial charge in [0.15, 0.2) is 6.61 Å². The Morgan fingerprint density at radius 1 is 0.819 bits per heavy atom. The number of aliphatic hydroxyl groups is 1. The van der Waals surface area contributed by atoms with Crippen LogP contribution in [-0.4, -0.2) is 136 Å². The number of ether oxygens (including phenoxy) is 1. The topological polar surface area (TPSA) is 243 Å². The molecule has 4 aliphatic rings. The number of nitrogens with zero attached hydrogens (tertiary/aromatic N) is 6. The number of sulfonamides is 1. The van der Waals surface area contributed by atoms with E-state index in [1.54, 1.807) is 23.1 Å². The first-order chi connectivity index (χ1) is 34.8. The Balaban J connectivity index is 0.696. The average molecular weight is 1010 g/mol. The van der Waals surface area contributed by atoms with Gasteiger partial charge in [0, 0.05) is 81.5 Å². The molecule has 2 saturated heterocycles. The molecule has 2 aromatic carbocycles. The van der Waals surface area contributed by atoms with E-state index in [1.165, 1.54) is 16.4 Å². The molecule has 4 aromatic rings. The van der Waals surface area contributed by atoms with Crippen molar-refractivity contribution < 1.29 is 47.0 Å². The van der Waals surface area contributed by atoms with Crippen LogP contribution >= 0.6 is 0 Å². The van der Waals surface area contributed by atoms with Crippen molar-refractivity contribution in [2.24, 2.45) is 0 Å². The highest BCUT2D eigenvalue weighted by Gasteiger charge is 2.46. The fraction of sp³-hybridized carbons (Fsp3) is 0.538. The van der Waals surface area contributed by atoms with Crippen LogP contribution < -0.4 is 20.7 Å². The van der Waals surface area contributed by atoms with Crippen molar-refractivity contribution >= 4 is 62.4 Å². The lowest BCUT2D eigenvalue weighted by Gasteiger charge is -2.34. The van der Waals surface area contributed by atoms with Crippen LogP contribution in [0.15, 0.2) is 59.8 Å². The molecule has 1 aliphatic carbocycles. The quantitative estimate of drug-likeness (QED) is 0.0514. The number of fused-ring (bicyclic) bond motifs is 2. The predicted octanol–water partition coefficient (Wildman–Crippen LogP) is 5.73. The first-order valence-electron chi connectivity index (χ1n) is 25.8. The summed E-state index contributed by atoms with van der Waals surface area (Å²) >= 11 is 0. The molecule has 0 bridgehead atoms. The van der Waals surface area contributed by atoms with Crippen LogP contribution in [0.5, 0.6) is 5.75 Å². The molecule has 4 N–H and O–H groups in total. The second-order valence-electron chi connectivity index (χ2n) is 19.3. The summed E-state index contributed by atoms with van der Waals surface area (Å²) in [4.78, 5) is 88.2. The molecule has 19 nitrogen and oxygen atoms in total. The second kappa shape index (κ2) is 24.0. The number of amides is 6. The molecule has 20 heteroatoms. The number of hydrogen-bond acceptors (Lipinski definition) is 13. The zero-order chi connectivity index (χ0) is 50.8. The van der Waals surface area contributed by atoms with Gasteiger partial charge in [-0.3, -0.25) is 39.0 Å². The van der Waals surface area contributed by atoms with Gasteiger partial charge < -0.3 is 29.9 Å². The molecule has 5 heterocycles. The molecule has 6 amide bonds. The normalized spacial score (nSPS) is 19.7. The van der Waals surface area contributed by atoms with Crippen LogP contribution in [0, 0.1) is 0 Å². The summed E-state index contributed by atoms with van der Waals surface area (Å²) in [5.74, 6) is -2.18. The fourth-order valence-electron chi connectivity index (χ4n) is 10.1. The van der Waals surface area contributed by atoms with Gasteiger partial charge >= 0.3 is 0 Å². The maximum Gasteiger partial charge on any atom is 0.266 e. The van der Waals surface area contributed by atoms with Crippen molar-refractivity contribution in [2.75, 3.05) is 51.2 Å². The van der Waals surface area contributed by atoms with E-state index >= 15 is 0 Å². The van der Waals surface area contributed by atoms with Gasteiger partial charge in [0.25, 0.3) is 17.7 Å². The van der Waals surface area contributed by atoms with Crippen molar-refractivity contribution in [2.45, 2.75) is 139 Å². The monoisotopic (exact) mass is 1010 g/mol. The summed E-state index contributed by atoms with van der Waals surface area (Å²) < 4.78 is 36.9. The molecule has 3 aliphatic heterocycles. The molecule has 386 valence electrons. The van der Waals surface area contributed by atoms with Crippen LogP contribution in [0.25, 0.3) is 22.2 Å². The number of aromatic nitrogens is 3. The number of unbranched alkanes of at least 4 members (excludes halogenated alkanes) is 8. The third kappa shape index (κ3) is 12.1. The van der Waals surface area contributed by atoms with Gasteiger partial charge in [-0.2, -0.15) is 9.29 Å². The molecule has 8 rings (SSSR count). The molecule has 0 spiro atoms. The van der Waals surface area contributed by atoms with Gasteiger partial charge in [-0.15, -0.1) is 0 Å². The van der Waals surface area contributed by atoms with Crippen LogP contribution in [0.3, 0.4) is 0 Å². The number of piperazine rings is 1. The first-order valence-corrected chi connectivity index (χ1v) is 27.2. The molecular weight excluding hydrogens is 943 g/mol. The van der Waals surface area contributed by atoms with Gasteiger partial charge in [0.1, 0.15) is 17.4 Å². The molecule has 3 fully saturated rings. The number of hydrogen-bond donors (Lipinski definition) is 4. The number of rotatable bonds is 23. The largest absolute Gasteiger partial charge is 0.483 e. The van der Waals surface area contributed by atoms with Crippen LogP contribution in [0.2, 0.25) is 0 Å². The highest BCUT2D eigenvalue weighted by Crippen LogP contribution is 2.38. The van der Waals surface area contributed by atoms with Crippen molar-refractivity contribution in [1.29, 1.82) is 0 Å². The smallest absolute Gasteiger partial charge is 0.266 e. The lowest BCUT2D eigenvalue weighted by molar-refractivity contribution is -0.136. The Hall–Kier alpha value is -6.25. The number of nitrogens with one attached hydrogen (secondary N) is 3. The standard InChI is InChI=1S/C52H67N9O10S/c1-2-3-26-54-52-55-32-40-41(33-60(48(40)57-52)36-18-20-37(62)21-19-36)35-16-22-38(23-17-35)72(69,70)59-30-28-58(29-31-59)46(65)15-10-8-6-4-5-7-9-11-27-53-45(64)34-71-43-14-12-13-39-47(43)51(68)61(50(39)67)42-24-25-44(63)56-49(42)66/h12-14,16-17,22-23,32-33,36-37,42,62H,2-11,15,18-21,24-31,34H2,1H3,(H,53,64)(H,54,55,57)(H,56,63,66)/t36-,37-,42?. The Bertz CT molecular complexity index is 2730. The maximum atomic E-state index is 13.8. The van der Waals surface area contributed by atoms with Gasteiger partial charge in [-0.1, -0.05) is 70.1 Å². The summed E-state index contributed by atoms with van der Waals surface area (Å²) in [7, 11) is -3.78. The van der Waals surface area contributed by atoms with E-state index in [0.717, 1.165) is 123 Å². The molecule has 1 atom stereocenters. The van der Waals surface area contributed by atoms with Crippen molar-refractivity contribution in [3.63, 3.8) is 0 Å². The molecular formula is C52H67N9O10S. The Morgan fingerprint density at radius 3 is 2.24 bits per heavy atom. The van der Waals surface area contributed by atoms with Crippen LogP contribution in [0.4, 0.5) is 5.95 Å². The third-order valence-electron chi connectivity index (χ3n) is 14.3. The number of anilines is 1. The fourth-order valence-corrected chi connectivity index (χ4v) is 11.5. The van der Waals surface area contributed by atoms with Gasteiger partial charge in [-0.05, 0) is 81.2 Å². The SMILES string of the molecule is CCCCNc1ncc2c(-c3ccc(S(=O)(=O)N4CCN(C(=O)CCCCCCCCCCNC(=O)COc5cccc6c5C(=O)N(C5CCC(=O)NC5=O)C6=O)CC4)cc3)cn([C@H]3CC[C@H](O)CC3)c2n1. The van der Waals surface area contributed by atoms with E-state index < -0.39 is 39.7 Å². The van der Waals surface area contributed by atoms with Crippen LogP contribution in [-0.2, 0) is 29.2 Å². The minimum atomic E-state index is -3.78. The van der Waals surface area contributed by atoms with E-state index in [2.05, 4.69) is 38.6 Å². The number of carbonyl (C=O) groups is 6. The Morgan fingerprint density at radius 2 is 1.53 bits per heavy atom. The summed E-state index contributed by atoms with van der Waals surface area (Å²) in [5, 5.41) is 19.4. The molecule has 1 saturated carbocycles. The third-order valence-corrected chi connectivity index (χ3v) is 16.2. The highest BCUT2D eigenvalue weighted by molar-refractivity contribution is 7.89. The lowest BCUT2D eigenvalue weighted by Crippen LogP contribution is -2.54. The van der Waals surface area contributed by atoms with E-state index in [-0.39, 0.29) is 78.3 Å². The average Bonchev–Trinajstić information content (AvgIpc) is 3.88. The molecule has 0 radical (unpaired) electrons. The minimum absolute atomic E-state index is 0.00734. The van der Waals surface area contributed by atoms with Gasteiger partial charge in [0.05, 0.1) is 22.1 Å². The summed E-state index contributed by atoms with van der Waals surface area (Å²) in [6, 6.07) is 10.6. The maximum absolute atomic E-state index is 13.8. The predicted molar refractivity (Wildman–Crippen MR) is 268 cm³/mol. The summed E-state index contributed by atoms with van der Waals surface area (Å²) in [6.45, 7) is 4.19. The minimum Gasteiger partial charge on any atom is -0.483 e. The van der Waals surface area contributed by atoms with E-state index in [9.17, 15) is 42.3 Å². The number of aliphatic hydroxyl groups excluding tert-OH is 1. The number of benzene rings is 2. The number of carbonyl (C=O) groups excluding carboxylic acids is 6. The van der Waals surface area contributed by atoms with E-state index in [1.807, 2.05) is 18.3 Å². The second-order valence-corrected chi connectivity index (χ2v) is 21.2. The van der Waals surface area contributed by atoms with Crippen molar-refractivity contribution in [3.05, 3.63) is 66.0 Å². The zero-order valence-corrected chi connectivity index (χ0v) is 41.9. The van der Waals surface area contributed by atoms with Crippen molar-refractivity contribution in [1.82, 2.24) is 39.3 Å². The first kappa shape index (κ1) is 52.1. The van der Waals surface area contributed by atoms with E-state index in [4.69, 9.17) is 9.72 Å². The number of imide groups is 2. The zero-order valence-electron chi connectivity index (χ0n) is 41.1. The molecule has 1 unspecified atom stereocenters. The van der Waals surface area contributed by atoms with Gasteiger partial charge in [0.2, 0.25) is 33.7 Å². The summed E-state index contributed by atoms with van der Waals surface area (Å²) in [6.07, 6.45) is 16.9. The van der Waals surface area contributed by atoms with Crippen molar-refractivity contribution in [3.8, 4) is 16.9 Å². The lowest BCUT2D eigenvalue weighted by atomic mass is 9.93. The van der Waals surface area contributed by atoms with E-state index in [0.29, 0.717) is 32.0 Å². The summed E-state index contributed by atoms with van der Waals surface area (Å²) in [5.41, 5.74) is 2.68. The molecule has 2 aromatic heterocycles. The molecule has 72 heavy (non-hydrogen) atoms. The number of piperidine rings is 1. The highest BCUT2D eigenvalue weighted by atomic mass is 32.2. The Kier molecular flexibility index (Phi) is 17.3. The van der Waals surface area contributed by atoms with Crippen LogP contribution in [0.1, 0.15) is 143 Å². The Labute approximate surface area is 420 Å².